The maximum Gasteiger partial charge on any atom is 0.416 e. The van der Waals surface area contributed by atoms with E-state index in [9.17, 15) is 19.8 Å². The third-order valence-electron chi connectivity index (χ3n) is 7.97. The topological polar surface area (TPSA) is 150 Å². The van der Waals surface area contributed by atoms with Crippen LogP contribution in [0.5, 0.6) is 0 Å². The molecule has 2 fully saturated rings. The zero-order valence-electron chi connectivity index (χ0n) is 24.9. The van der Waals surface area contributed by atoms with Gasteiger partial charge in [0.1, 0.15) is 22.9 Å². The van der Waals surface area contributed by atoms with Crippen LogP contribution in [0.4, 0.5) is 21.2 Å². The summed E-state index contributed by atoms with van der Waals surface area (Å²) in [6.45, 7) is 8.43. The second-order valence-electron chi connectivity index (χ2n) is 12.6. The molecule has 1 aliphatic carbocycles. The number of hydrogen-bond donors (Lipinski definition) is 3. The van der Waals surface area contributed by atoms with E-state index in [1.807, 2.05) is 62.8 Å². The number of nitrogens with one attached hydrogen (secondary N) is 1. The minimum atomic E-state index is -1.03. The van der Waals surface area contributed by atoms with Gasteiger partial charge in [-0.15, -0.1) is 0 Å². The number of carbonyl (C=O) groups is 2. The number of likely N-dealkylation sites (tertiary alicyclic amines) is 1. The zero-order valence-corrected chi connectivity index (χ0v) is 24.9. The molecule has 3 N–H and O–H groups in total. The summed E-state index contributed by atoms with van der Waals surface area (Å²) in [7, 11) is 0. The molecule has 2 aliphatic rings. The van der Waals surface area contributed by atoms with Gasteiger partial charge >= 0.3 is 12.2 Å². The van der Waals surface area contributed by atoms with Crippen LogP contribution in [0.25, 0.3) is 11.3 Å². The fraction of sp³-hybridized carbons (Fsp3) is 0.500. The highest BCUT2D eigenvalue weighted by atomic mass is 16.6. The van der Waals surface area contributed by atoms with Gasteiger partial charge in [0.05, 0.1) is 31.1 Å². The standard InChI is InChI=1S/C30H38N8O5/c1-18-6-5-10-35-15-21(33-26(18)35)16-37(29(42)43-30(2,3)4)25-12-24(34-27-22(19-7-8-19)14-32-38(25)27)31-13-20-9-11-36(28(40)41)17-23(20)39/h5-6,10,12,14-15,19-20,23,39H,7-9,11,13,16-17H2,1-4H3,(H,31,34)(H,40,41)/t20-,23+/m1/s1. The first-order valence-corrected chi connectivity index (χ1v) is 14.7. The maximum absolute atomic E-state index is 13.8. The number of amides is 2. The highest BCUT2D eigenvalue weighted by Gasteiger charge is 2.33. The number of piperidine rings is 1. The Kier molecular flexibility index (Phi) is 7.36. The fourth-order valence-corrected chi connectivity index (χ4v) is 5.56. The molecule has 0 bridgehead atoms. The van der Waals surface area contributed by atoms with Crippen molar-refractivity contribution < 1.29 is 24.5 Å². The van der Waals surface area contributed by atoms with E-state index in [4.69, 9.17) is 14.7 Å². The Morgan fingerprint density at radius 2 is 1.98 bits per heavy atom. The van der Waals surface area contributed by atoms with Gasteiger partial charge in [-0.1, -0.05) is 6.07 Å². The molecule has 2 amide bonds. The molecule has 2 atom stereocenters. The first kappa shape index (κ1) is 28.7. The normalized spacial score (nSPS) is 19.1. The van der Waals surface area contributed by atoms with Crippen molar-refractivity contribution in [2.24, 2.45) is 5.92 Å². The second kappa shape index (κ2) is 11.0. The molecule has 43 heavy (non-hydrogen) atoms. The predicted octanol–water partition coefficient (Wildman–Crippen LogP) is 4.28. The number of carbonyl (C=O) groups excluding carboxylic acids is 1. The van der Waals surface area contributed by atoms with Gasteiger partial charge in [-0.05, 0) is 64.5 Å². The van der Waals surface area contributed by atoms with E-state index in [1.165, 1.54) is 9.80 Å². The van der Waals surface area contributed by atoms with Gasteiger partial charge in [0.15, 0.2) is 5.65 Å². The lowest BCUT2D eigenvalue weighted by Crippen LogP contribution is -2.47. The molecule has 6 rings (SSSR count). The quantitative estimate of drug-likeness (QED) is 0.287. The van der Waals surface area contributed by atoms with Crippen molar-refractivity contribution in [1.82, 2.24) is 28.9 Å². The number of aliphatic hydroxyl groups excluding tert-OH is 1. The lowest BCUT2D eigenvalue weighted by atomic mass is 9.94. The minimum Gasteiger partial charge on any atom is -0.465 e. The second-order valence-corrected chi connectivity index (χ2v) is 12.6. The summed E-state index contributed by atoms with van der Waals surface area (Å²) in [5, 5.41) is 27.9. The van der Waals surface area contributed by atoms with Crippen LogP contribution in [-0.4, -0.2) is 82.6 Å². The maximum atomic E-state index is 13.8. The average Bonchev–Trinajstić information content (AvgIpc) is 3.54. The smallest absolute Gasteiger partial charge is 0.416 e. The Bertz CT molecular complexity index is 1670. The Labute approximate surface area is 249 Å². The number of aliphatic hydroxyl groups is 1. The summed E-state index contributed by atoms with van der Waals surface area (Å²) >= 11 is 0. The summed E-state index contributed by atoms with van der Waals surface area (Å²) in [5.41, 5.74) is 3.46. The van der Waals surface area contributed by atoms with E-state index >= 15 is 0 Å². The van der Waals surface area contributed by atoms with E-state index in [-0.39, 0.29) is 19.0 Å². The van der Waals surface area contributed by atoms with Crippen LogP contribution in [0.1, 0.15) is 62.8 Å². The highest BCUT2D eigenvalue weighted by Crippen LogP contribution is 2.42. The summed E-state index contributed by atoms with van der Waals surface area (Å²) in [6, 6.07) is 5.71. The molecule has 0 unspecified atom stereocenters. The van der Waals surface area contributed by atoms with Gasteiger partial charge < -0.3 is 29.6 Å². The Morgan fingerprint density at radius 1 is 1.19 bits per heavy atom. The molecule has 4 aromatic heterocycles. The Balaban J connectivity index is 1.36. The molecule has 5 heterocycles. The lowest BCUT2D eigenvalue weighted by Gasteiger charge is -2.34. The number of nitrogens with zero attached hydrogens (tertiary/aromatic N) is 7. The van der Waals surface area contributed by atoms with Crippen molar-refractivity contribution in [2.75, 3.05) is 29.9 Å². The van der Waals surface area contributed by atoms with Crippen molar-refractivity contribution in [1.29, 1.82) is 0 Å². The van der Waals surface area contributed by atoms with Crippen LogP contribution >= 0.6 is 0 Å². The number of aryl methyl sites for hydroxylation is 1. The highest BCUT2D eigenvalue weighted by molar-refractivity contribution is 5.88. The molecule has 13 heteroatoms. The van der Waals surface area contributed by atoms with E-state index in [0.717, 1.165) is 29.6 Å². The number of carboxylic acid groups (broad SMARTS) is 1. The van der Waals surface area contributed by atoms with Crippen LogP contribution in [-0.2, 0) is 11.3 Å². The molecule has 1 saturated carbocycles. The average molecular weight is 591 g/mol. The molecule has 228 valence electrons. The number of fused-ring (bicyclic) bond motifs is 2. The van der Waals surface area contributed by atoms with Gasteiger partial charge in [-0.2, -0.15) is 9.61 Å². The first-order valence-electron chi connectivity index (χ1n) is 14.7. The number of ether oxygens (including phenoxy) is 1. The van der Waals surface area contributed by atoms with Crippen molar-refractivity contribution in [3.63, 3.8) is 0 Å². The van der Waals surface area contributed by atoms with Crippen LogP contribution in [0.3, 0.4) is 0 Å². The van der Waals surface area contributed by atoms with E-state index < -0.39 is 23.9 Å². The molecular formula is C30H38N8O5. The number of rotatable bonds is 7. The van der Waals surface area contributed by atoms with Crippen LogP contribution in [0.15, 0.2) is 36.8 Å². The minimum absolute atomic E-state index is 0.0682. The van der Waals surface area contributed by atoms with Crippen LogP contribution in [0.2, 0.25) is 0 Å². The molecule has 0 radical (unpaired) electrons. The molecule has 1 aliphatic heterocycles. The summed E-state index contributed by atoms with van der Waals surface area (Å²) in [6.07, 6.45) is 5.91. The van der Waals surface area contributed by atoms with Crippen molar-refractivity contribution in [2.45, 2.75) is 71.1 Å². The van der Waals surface area contributed by atoms with Crippen LogP contribution in [0, 0.1) is 12.8 Å². The number of pyridine rings is 1. The van der Waals surface area contributed by atoms with E-state index in [1.54, 1.807) is 10.6 Å². The fourth-order valence-electron chi connectivity index (χ4n) is 5.56. The molecule has 0 spiro atoms. The largest absolute Gasteiger partial charge is 0.465 e. The molecule has 13 nitrogen and oxygen atoms in total. The van der Waals surface area contributed by atoms with Gasteiger partial charge in [0, 0.05) is 43.0 Å². The molecule has 4 aromatic rings. The number of β-amino-alcohol motifs (C(OH)–C–C–N with tert-alkyl or cyclic N) is 1. The van der Waals surface area contributed by atoms with E-state index in [0.29, 0.717) is 48.4 Å². The monoisotopic (exact) mass is 590 g/mol. The molecule has 0 aromatic carbocycles. The third-order valence-corrected chi connectivity index (χ3v) is 7.97. The van der Waals surface area contributed by atoms with Crippen molar-refractivity contribution >= 4 is 35.1 Å². The number of imidazole rings is 1. The van der Waals surface area contributed by atoms with Gasteiger partial charge in [-0.3, -0.25) is 4.90 Å². The van der Waals surface area contributed by atoms with Crippen molar-refractivity contribution in [3.8, 4) is 0 Å². The summed E-state index contributed by atoms with van der Waals surface area (Å²) in [5.74, 6) is 1.21. The predicted molar refractivity (Wildman–Crippen MR) is 160 cm³/mol. The third kappa shape index (κ3) is 6.07. The first-order chi connectivity index (χ1) is 20.5. The SMILES string of the molecule is Cc1cccn2cc(CN(C(=O)OC(C)(C)C)c3cc(NC[C@H]4CCN(C(=O)O)C[C@@H]4O)nc4c(C5CC5)cnn34)nc12. The Morgan fingerprint density at radius 3 is 2.65 bits per heavy atom. The Hall–Kier alpha value is -4.39. The lowest BCUT2D eigenvalue weighted by molar-refractivity contribution is 0.0294. The van der Waals surface area contributed by atoms with Gasteiger partial charge in [-0.25, -0.2) is 19.6 Å². The molecular weight excluding hydrogens is 552 g/mol. The van der Waals surface area contributed by atoms with Crippen LogP contribution < -0.4 is 10.2 Å². The van der Waals surface area contributed by atoms with Gasteiger partial charge in [0.25, 0.3) is 0 Å². The molecule has 1 saturated heterocycles. The number of aromatic nitrogens is 5. The number of hydrogen-bond acceptors (Lipinski definition) is 8. The summed E-state index contributed by atoms with van der Waals surface area (Å²) < 4.78 is 9.49. The van der Waals surface area contributed by atoms with Crippen molar-refractivity contribution in [3.05, 3.63) is 53.6 Å². The van der Waals surface area contributed by atoms with E-state index in [2.05, 4.69) is 10.4 Å². The zero-order chi connectivity index (χ0) is 30.5. The number of anilines is 2. The van der Waals surface area contributed by atoms with Gasteiger partial charge in [0.2, 0.25) is 0 Å². The summed E-state index contributed by atoms with van der Waals surface area (Å²) in [4.78, 5) is 37.6.